The fraction of sp³-hybridized carbons (Fsp3) is 0.889. The number of rotatable bonds is 5. The molecule has 0 fully saturated rings. The molecule has 0 aromatic carbocycles. The summed E-state index contributed by atoms with van der Waals surface area (Å²) >= 11 is 2.60. The predicted molar refractivity (Wildman–Crippen MR) is 58.9 cm³/mol. The topological polar surface area (TPSA) is 47.6 Å². The van der Waals surface area contributed by atoms with E-state index in [2.05, 4.69) is 26.0 Å². The third-order valence-electron chi connectivity index (χ3n) is 1.24. The summed E-state index contributed by atoms with van der Waals surface area (Å²) in [6.45, 7) is 4.82. The number of amides is 1. The standard InChI is InChI=1S/C9H16BrF2NO3/c1-8(2,3)16-7(14)13-4-5-15-9(11,12)6-10/h4-6H2,1-3H3,(H,13,14). The number of alkyl carbamates (subject to hydrolysis) is 1. The first-order valence-corrected chi connectivity index (χ1v) is 5.83. The summed E-state index contributed by atoms with van der Waals surface area (Å²) in [6, 6.07) is 0. The van der Waals surface area contributed by atoms with Crippen molar-refractivity contribution in [3.63, 3.8) is 0 Å². The first kappa shape index (κ1) is 15.6. The smallest absolute Gasteiger partial charge is 0.407 e. The number of hydrogen-bond donors (Lipinski definition) is 1. The van der Waals surface area contributed by atoms with Crippen molar-refractivity contribution in [2.45, 2.75) is 32.5 Å². The molecule has 0 saturated carbocycles. The minimum atomic E-state index is -3.21. The molecule has 0 unspecified atom stereocenters. The second-order valence-electron chi connectivity index (χ2n) is 4.05. The first-order chi connectivity index (χ1) is 7.16. The summed E-state index contributed by atoms with van der Waals surface area (Å²) in [7, 11) is 0. The highest BCUT2D eigenvalue weighted by Crippen LogP contribution is 2.17. The van der Waals surface area contributed by atoms with Gasteiger partial charge >= 0.3 is 12.2 Å². The van der Waals surface area contributed by atoms with Gasteiger partial charge in [0.2, 0.25) is 0 Å². The maximum Gasteiger partial charge on any atom is 0.407 e. The lowest BCUT2D eigenvalue weighted by Crippen LogP contribution is -2.35. The molecular weight excluding hydrogens is 288 g/mol. The molecular formula is C9H16BrF2NO3. The molecule has 0 atom stereocenters. The SMILES string of the molecule is CC(C)(C)OC(=O)NCCOC(F)(F)CBr. The van der Waals surface area contributed by atoms with Crippen molar-refractivity contribution >= 4 is 22.0 Å². The molecule has 0 bridgehead atoms. The van der Waals surface area contributed by atoms with E-state index in [1.54, 1.807) is 20.8 Å². The van der Waals surface area contributed by atoms with Gasteiger partial charge in [0.05, 0.1) is 11.9 Å². The number of nitrogens with one attached hydrogen (secondary N) is 1. The number of halogens is 3. The molecule has 0 spiro atoms. The number of ether oxygens (including phenoxy) is 2. The lowest BCUT2D eigenvalue weighted by atomic mass is 10.2. The van der Waals surface area contributed by atoms with Crippen LogP contribution < -0.4 is 5.32 Å². The Hall–Kier alpha value is -0.430. The van der Waals surface area contributed by atoms with E-state index in [0.717, 1.165) is 0 Å². The molecule has 0 aliphatic rings. The maximum atomic E-state index is 12.5. The monoisotopic (exact) mass is 303 g/mol. The summed E-state index contributed by atoms with van der Waals surface area (Å²) in [6.07, 6.45) is -3.87. The number of alkyl halides is 3. The van der Waals surface area contributed by atoms with E-state index in [4.69, 9.17) is 4.74 Å². The molecule has 16 heavy (non-hydrogen) atoms. The quantitative estimate of drug-likeness (QED) is 0.627. The van der Waals surface area contributed by atoms with Gasteiger partial charge in [-0.3, -0.25) is 0 Å². The van der Waals surface area contributed by atoms with Crippen LogP contribution in [-0.2, 0) is 9.47 Å². The molecule has 0 aliphatic heterocycles. The molecule has 0 radical (unpaired) electrons. The molecule has 0 aromatic heterocycles. The van der Waals surface area contributed by atoms with Crippen LogP contribution >= 0.6 is 15.9 Å². The van der Waals surface area contributed by atoms with E-state index in [0.29, 0.717) is 0 Å². The van der Waals surface area contributed by atoms with Gasteiger partial charge in [-0.1, -0.05) is 15.9 Å². The van der Waals surface area contributed by atoms with Gasteiger partial charge in [0, 0.05) is 6.54 Å². The molecule has 0 heterocycles. The van der Waals surface area contributed by atoms with Crippen molar-refractivity contribution in [1.29, 1.82) is 0 Å². The van der Waals surface area contributed by atoms with E-state index in [1.165, 1.54) is 0 Å². The summed E-state index contributed by atoms with van der Waals surface area (Å²) in [5, 5.41) is 1.72. The largest absolute Gasteiger partial charge is 0.444 e. The fourth-order valence-electron chi connectivity index (χ4n) is 0.706. The van der Waals surface area contributed by atoms with Crippen LogP contribution in [0.4, 0.5) is 13.6 Å². The Kier molecular flexibility index (Phi) is 6.17. The highest BCUT2D eigenvalue weighted by atomic mass is 79.9. The van der Waals surface area contributed by atoms with Gasteiger partial charge < -0.3 is 14.8 Å². The summed E-state index contributed by atoms with van der Waals surface area (Å²) < 4.78 is 34.2. The predicted octanol–water partition coefficient (Wildman–Crippen LogP) is 2.52. The van der Waals surface area contributed by atoms with E-state index in [-0.39, 0.29) is 13.2 Å². The zero-order valence-corrected chi connectivity index (χ0v) is 11.1. The highest BCUT2D eigenvalue weighted by molar-refractivity contribution is 9.09. The molecule has 1 amide bonds. The Morgan fingerprint density at radius 2 is 1.94 bits per heavy atom. The Morgan fingerprint density at radius 1 is 1.38 bits per heavy atom. The summed E-state index contributed by atoms with van der Waals surface area (Å²) in [5.74, 6) is 0. The minimum Gasteiger partial charge on any atom is -0.444 e. The van der Waals surface area contributed by atoms with Crippen LogP contribution in [0.15, 0.2) is 0 Å². The number of carbonyl (C=O) groups excluding carboxylic acids is 1. The molecule has 0 saturated heterocycles. The highest BCUT2D eigenvalue weighted by Gasteiger charge is 2.27. The summed E-state index contributed by atoms with van der Waals surface area (Å²) in [5.41, 5.74) is -0.606. The average Bonchev–Trinajstić information content (AvgIpc) is 2.10. The Balaban J connectivity index is 3.64. The summed E-state index contributed by atoms with van der Waals surface area (Å²) in [4.78, 5) is 11.1. The molecule has 0 rings (SSSR count). The number of carbonyl (C=O) groups is 1. The Bertz CT molecular complexity index is 231. The van der Waals surface area contributed by atoms with Crippen molar-refractivity contribution in [3.05, 3.63) is 0 Å². The van der Waals surface area contributed by atoms with Gasteiger partial charge in [-0.2, -0.15) is 8.78 Å². The van der Waals surface area contributed by atoms with Crippen LogP contribution in [0.1, 0.15) is 20.8 Å². The fourth-order valence-corrected chi connectivity index (χ4v) is 0.868. The molecule has 7 heteroatoms. The lowest BCUT2D eigenvalue weighted by molar-refractivity contribution is -0.217. The van der Waals surface area contributed by atoms with Crippen molar-refractivity contribution < 1.29 is 23.0 Å². The molecule has 0 aliphatic carbocycles. The van der Waals surface area contributed by atoms with Crippen LogP contribution in [0.3, 0.4) is 0 Å². The molecule has 0 aromatic rings. The van der Waals surface area contributed by atoms with Crippen LogP contribution in [0.5, 0.6) is 0 Å². The lowest BCUT2D eigenvalue weighted by Gasteiger charge is -2.20. The van der Waals surface area contributed by atoms with E-state index < -0.39 is 23.1 Å². The molecule has 1 N–H and O–H groups in total. The maximum absolute atomic E-state index is 12.5. The third kappa shape index (κ3) is 8.84. The Labute approximate surface area is 102 Å². The normalized spacial score (nSPS) is 12.4. The molecule has 4 nitrogen and oxygen atoms in total. The first-order valence-electron chi connectivity index (χ1n) is 4.71. The van der Waals surface area contributed by atoms with E-state index in [9.17, 15) is 13.6 Å². The molecule has 96 valence electrons. The van der Waals surface area contributed by atoms with Crippen molar-refractivity contribution in [2.24, 2.45) is 0 Å². The van der Waals surface area contributed by atoms with Crippen molar-refractivity contribution in [3.8, 4) is 0 Å². The van der Waals surface area contributed by atoms with Crippen LogP contribution in [0.25, 0.3) is 0 Å². The Morgan fingerprint density at radius 3 is 2.38 bits per heavy atom. The van der Waals surface area contributed by atoms with E-state index in [1.807, 2.05) is 0 Å². The van der Waals surface area contributed by atoms with Gasteiger partial charge in [-0.25, -0.2) is 4.79 Å². The van der Waals surface area contributed by atoms with Gasteiger partial charge in [0.1, 0.15) is 5.60 Å². The number of hydrogen-bond acceptors (Lipinski definition) is 3. The van der Waals surface area contributed by atoms with Crippen LogP contribution in [-0.4, -0.2) is 36.3 Å². The van der Waals surface area contributed by atoms with Gasteiger partial charge in [0.25, 0.3) is 0 Å². The van der Waals surface area contributed by atoms with E-state index >= 15 is 0 Å². The van der Waals surface area contributed by atoms with Crippen molar-refractivity contribution in [2.75, 3.05) is 18.5 Å². The minimum absolute atomic E-state index is 0.0303. The van der Waals surface area contributed by atoms with Gasteiger partial charge in [-0.05, 0) is 20.8 Å². The van der Waals surface area contributed by atoms with Gasteiger partial charge in [-0.15, -0.1) is 0 Å². The third-order valence-corrected chi connectivity index (χ3v) is 1.89. The zero-order chi connectivity index (χ0) is 12.8. The second kappa shape index (κ2) is 6.34. The van der Waals surface area contributed by atoms with Crippen LogP contribution in [0, 0.1) is 0 Å². The van der Waals surface area contributed by atoms with Crippen molar-refractivity contribution in [1.82, 2.24) is 5.32 Å². The van der Waals surface area contributed by atoms with Crippen LogP contribution in [0.2, 0.25) is 0 Å². The zero-order valence-electron chi connectivity index (χ0n) is 9.48. The average molecular weight is 304 g/mol. The second-order valence-corrected chi connectivity index (χ2v) is 4.61. The van der Waals surface area contributed by atoms with Gasteiger partial charge in [0.15, 0.2) is 0 Å².